The van der Waals surface area contributed by atoms with E-state index >= 15 is 0 Å². The van der Waals surface area contributed by atoms with Crippen molar-refractivity contribution in [2.45, 2.75) is 19.9 Å². The van der Waals surface area contributed by atoms with Gasteiger partial charge in [-0.25, -0.2) is 0 Å². The fourth-order valence-corrected chi connectivity index (χ4v) is 1.27. The maximum Gasteiger partial charge on any atom is 0.293 e. The number of aryl methyl sites for hydroxylation is 1. The fraction of sp³-hybridized carbons (Fsp3) is 0.400. The van der Waals surface area contributed by atoms with E-state index in [0.29, 0.717) is 24.0 Å². The smallest absolute Gasteiger partial charge is 0.293 e. The molecule has 0 amide bonds. The third kappa shape index (κ3) is 2.07. The van der Waals surface area contributed by atoms with Crippen LogP contribution in [-0.4, -0.2) is 17.2 Å². The number of hydrogen-bond acceptors (Lipinski definition) is 5. The summed E-state index contributed by atoms with van der Waals surface area (Å²) < 4.78 is 10.6. The highest BCUT2D eigenvalue weighted by Gasteiger charge is 2.11. The van der Waals surface area contributed by atoms with E-state index in [1.165, 1.54) is 0 Å². The van der Waals surface area contributed by atoms with Crippen LogP contribution in [0.4, 0.5) is 0 Å². The quantitative estimate of drug-likeness (QED) is 0.825. The Balaban J connectivity index is 2.21. The van der Waals surface area contributed by atoms with Crippen LogP contribution in [0.25, 0.3) is 11.7 Å². The molecule has 5 heteroatoms. The van der Waals surface area contributed by atoms with Crippen LogP contribution >= 0.6 is 0 Å². The molecule has 5 nitrogen and oxygen atoms in total. The Bertz CT molecular complexity index is 433. The first-order valence-electron chi connectivity index (χ1n) is 4.89. The maximum absolute atomic E-state index is 5.49. The molecule has 0 saturated heterocycles. The first-order valence-corrected chi connectivity index (χ1v) is 4.89. The van der Waals surface area contributed by atoms with Crippen LogP contribution in [0, 0.1) is 0 Å². The van der Waals surface area contributed by atoms with Gasteiger partial charge in [0.15, 0.2) is 11.6 Å². The molecule has 1 N–H and O–H groups in total. The fourth-order valence-electron chi connectivity index (χ4n) is 1.27. The molecule has 15 heavy (non-hydrogen) atoms. The summed E-state index contributed by atoms with van der Waals surface area (Å²) >= 11 is 0. The molecule has 0 aromatic carbocycles. The second kappa shape index (κ2) is 4.27. The van der Waals surface area contributed by atoms with Gasteiger partial charge in [-0.3, -0.25) is 0 Å². The van der Waals surface area contributed by atoms with Crippen LogP contribution in [0.1, 0.15) is 18.5 Å². The van der Waals surface area contributed by atoms with Gasteiger partial charge in [0, 0.05) is 6.42 Å². The number of nitrogens with one attached hydrogen (secondary N) is 1. The van der Waals surface area contributed by atoms with Crippen LogP contribution < -0.4 is 5.32 Å². The zero-order chi connectivity index (χ0) is 10.7. The van der Waals surface area contributed by atoms with Crippen LogP contribution in [0.2, 0.25) is 0 Å². The first kappa shape index (κ1) is 9.92. The van der Waals surface area contributed by atoms with Crippen molar-refractivity contribution in [3.8, 4) is 11.7 Å². The zero-order valence-corrected chi connectivity index (χ0v) is 8.78. The lowest BCUT2D eigenvalue weighted by Gasteiger charge is -1.88. The number of nitrogens with zero attached hydrogens (tertiary/aromatic N) is 2. The Kier molecular flexibility index (Phi) is 2.82. The third-order valence-corrected chi connectivity index (χ3v) is 2.02. The minimum Gasteiger partial charge on any atom is -0.456 e. The largest absolute Gasteiger partial charge is 0.456 e. The van der Waals surface area contributed by atoms with E-state index in [0.717, 1.165) is 12.2 Å². The van der Waals surface area contributed by atoms with Gasteiger partial charge in [-0.1, -0.05) is 12.1 Å². The van der Waals surface area contributed by atoms with Gasteiger partial charge >= 0.3 is 0 Å². The Morgan fingerprint density at radius 3 is 2.93 bits per heavy atom. The standard InChI is InChI=1S/C10H13N3O2/c1-3-7-4-5-8(14-7)10-12-9(6-11-2)13-15-10/h4-5,11H,3,6H2,1-2H3. The van der Waals surface area contributed by atoms with Gasteiger partial charge in [0.05, 0.1) is 6.54 Å². The molecule has 2 aromatic heterocycles. The van der Waals surface area contributed by atoms with E-state index in [4.69, 9.17) is 8.94 Å². The van der Waals surface area contributed by atoms with E-state index in [1.54, 1.807) is 0 Å². The Hall–Kier alpha value is -1.62. The lowest BCUT2D eigenvalue weighted by molar-refractivity contribution is 0.404. The van der Waals surface area contributed by atoms with Gasteiger partial charge < -0.3 is 14.3 Å². The van der Waals surface area contributed by atoms with Gasteiger partial charge in [0.2, 0.25) is 0 Å². The average Bonchev–Trinajstić information content (AvgIpc) is 2.85. The van der Waals surface area contributed by atoms with Crippen molar-refractivity contribution in [1.29, 1.82) is 0 Å². The molecule has 0 spiro atoms. The van der Waals surface area contributed by atoms with Crippen molar-refractivity contribution in [2.75, 3.05) is 7.05 Å². The lowest BCUT2D eigenvalue weighted by atomic mass is 10.3. The monoisotopic (exact) mass is 207 g/mol. The number of furan rings is 1. The molecule has 0 aliphatic carbocycles. The molecule has 0 unspecified atom stereocenters. The van der Waals surface area contributed by atoms with Crippen LogP contribution in [0.3, 0.4) is 0 Å². The maximum atomic E-state index is 5.49. The van der Waals surface area contributed by atoms with Crippen molar-refractivity contribution in [2.24, 2.45) is 0 Å². The first-order chi connectivity index (χ1) is 7.33. The minimum absolute atomic E-state index is 0.431. The molecule has 0 aliphatic rings. The number of rotatable bonds is 4. The molecule has 0 aliphatic heterocycles. The summed E-state index contributed by atoms with van der Waals surface area (Å²) in [5, 5.41) is 6.76. The third-order valence-electron chi connectivity index (χ3n) is 2.02. The number of hydrogen-bond donors (Lipinski definition) is 1. The summed E-state index contributed by atoms with van der Waals surface area (Å²) in [5.41, 5.74) is 0. The highest BCUT2D eigenvalue weighted by atomic mass is 16.5. The number of aromatic nitrogens is 2. The van der Waals surface area contributed by atoms with E-state index < -0.39 is 0 Å². The van der Waals surface area contributed by atoms with E-state index in [2.05, 4.69) is 15.5 Å². The molecular formula is C10H13N3O2. The predicted octanol–water partition coefficient (Wildman–Crippen LogP) is 1.61. The SMILES string of the molecule is CCc1ccc(-c2nc(CNC)no2)o1. The molecule has 2 rings (SSSR count). The summed E-state index contributed by atoms with van der Waals surface area (Å²) in [6.45, 7) is 2.62. The van der Waals surface area contributed by atoms with Crippen LogP contribution in [0.15, 0.2) is 21.1 Å². The molecule has 0 saturated carbocycles. The second-order valence-corrected chi connectivity index (χ2v) is 3.17. The molecule has 0 bridgehead atoms. The summed E-state index contributed by atoms with van der Waals surface area (Å²) in [7, 11) is 1.83. The Morgan fingerprint density at radius 2 is 2.27 bits per heavy atom. The molecule has 2 aromatic rings. The molecular weight excluding hydrogens is 194 g/mol. The van der Waals surface area contributed by atoms with E-state index in [9.17, 15) is 0 Å². The Morgan fingerprint density at radius 1 is 1.40 bits per heavy atom. The predicted molar refractivity (Wildman–Crippen MR) is 54.1 cm³/mol. The van der Waals surface area contributed by atoms with Gasteiger partial charge in [-0.2, -0.15) is 4.98 Å². The normalized spacial score (nSPS) is 10.8. The van der Waals surface area contributed by atoms with Crippen molar-refractivity contribution in [1.82, 2.24) is 15.5 Å². The van der Waals surface area contributed by atoms with Crippen molar-refractivity contribution < 1.29 is 8.94 Å². The summed E-state index contributed by atoms with van der Waals surface area (Å²) in [5.74, 6) is 2.60. The van der Waals surface area contributed by atoms with Crippen LogP contribution in [0.5, 0.6) is 0 Å². The summed E-state index contributed by atoms with van der Waals surface area (Å²) in [6, 6.07) is 3.76. The molecule has 2 heterocycles. The van der Waals surface area contributed by atoms with E-state index in [1.807, 2.05) is 26.1 Å². The lowest BCUT2D eigenvalue weighted by Crippen LogP contribution is -2.06. The molecule has 0 radical (unpaired) electrons. The molecule has 0 fully saturated rings. The van der Waals surface area contributed by atoms with Crippen molar-refractivity contribution >= 4 is 0 Å². The van der Waals surface area contributed by atoms with Crippen molar-refractivity contribution in [3.05, 3.63) is 23.7 Å². The second-order valence-electron chi connectivity index (χ2n) is 3.17. The van der Waals surface area contributed by atoms with Gasteiger partial charge in [-0.05, 0) is 19.2 Å². The van der Waals surface area contributed by atoms with Crippen LogP contribution in [-0.2, 0) is 13.0 Å². The highest BCUT2D eigenvalue weighted by Crippen LogP contribution is 2.20. The minimum atomic E-state index is 0.431. The topological polar surface area (TPSA) is 64.1 Å². The zero-order valence-electron chi connectivity index (χ0n) is 8.78. The van der Waals surface area contributed by atoms with Gasteiger partial charge in [0.1, 0.15) is 5.76 Å². The molecule has 0 atom stereocenters. The van der Waals surface area contributed by atoms with E-state index in [-0.39, 0.29) is 0 Å². The molecule has 80 valence electrons. The van der Waals surface area contributed by atoms with Gasteiger partial charge in [-0.15, -0.1) is 0 Å². The summed E-state index contributed by atoms with van der Waals surface area (Å²) in [4.78, 5) is 4.18. The van der Waals surface area contributed by atoms with Crippen molar-refractivity contribution in [3.63, 3.8) is 0 Å². The Labute approximate surface area is 87.5 Å². The highest BCUT2D eigenvalue weighted by molar-refractivity contribution is 5.44. The summed E-state index contributed by atoms with van der Waals surface area (Å²) in [6.07, 6.45) is 0.859. The average molecular weight is 207 g/mol. The van der Waals surface area contributed by atoms with Gasteiger partial charge in [0.25, 0.3) is 5.89 Å².